The summed E-state index contributed by atoms with van der Waals surface area (Å²) in [5.41, 5.74) is 2.25. The second-order valence-electron chi connectivity index (χ2n) is 5.98. The number of amides is 2. The summed E-state index contributed by atoms with van der Waals surface area (Å²) in [5, 5.41) is 5.81. The molecule has 2 aromatic rings. The molecule has 1 fully saturated rings. The summed E-state index contributed by atoms with van der Waals surface area (Å²) >= 11 is 1.33. The predicted octanol–water partition coefficient (Wildman–Crippen LogP) is 2.52. The molecule has 0 aromatic heterocycles. The van der Waals surface area contributed by atoms with E-state index in [-0.39, 0.29) is 18.2 Å². The number of carbonyl (C=O) groups excluding carboxylic acids is 2. The minimum Gasteiger partial charge on any atom is -0.352 e. The highest BCUT2D eigenvalue weighted by Crippen LogP contribution is 2.22. The Morgan fingerprint density at radius 1 is 1.04 bits per heavy atom. The van der Waals surface area contributed by atoms with Crippen LogP contribution >= 0.6 is 11.8 Å². The molecule has 0 bridgehead atoms. The van der Waals surface area contributed by atoms with E-state index in [4.69, 9.17) is 0 Å². The standard InChI is InChI=1S/C20H21N3O2S/c24-18(22-14-16-9-5-2-6-10-16)13-17-19(25)23-20(26-17)21-12-11-15-7-3-1-4-8-15/h1-10,17H,11-14H2,(H,22,24)(H,21,23,25)/t17-/m0/s1. The maximum Gasteiger partial charge on any atom is 0.240 e. The molecule has 134 valence electrons. The Morgan fingerprint density at radius 2 is 1.69 bits per heavy atom. The average molecular weight is 367 g/mol. The number of amidine groups is 1. The molecular weight excluding hydrogens is 346 g/mol. The van der Waals surface area contributed by atoms with Crippen molar-refractivity contribution >= 4 is 28.7 Å². The van der Waals surface area contributed by atoms with Crippen molar-refractivity contribution in [3.05, 3.63) is 71.8 Å². The van der Waals surface area contributed by atoms with Crippen LogP contribution in [-0.2, 0) is 22.6 Å². The molecule has 1 saturated heterocycles. The summed E-state index contributed by atoms with van der Waals surface area (Å²) in [4.78, 5) is 28.6. The van der Waals surface area contributed by atoms with Gasteiger partial charge in [-0.3, -0.25) is 14.6 Å². The monoisotopic (exact) mass is 367 g/mol. The van der Waals surface area contributed by atoms with Gasteiger partial charge in [0.25, 0.3) is 0 Å². The van der Waals surface area contributed by atoms with Crippen molar-refractivity contribution in [2.45, 2.75) is 24.6 Å². The van der Waals surface area contributed by atoms with Gasteiger partial charge in [0.05, 0.1) is 0 Å². The molecule has 0 spiro atoms. The molecule has 0 radical (unpaired) electrons. The van der Waals surface area contributed by atoms with Crippen molar-refractivity contribution in [3.63, 3.8) is 0 Å². The summed E-state index contributed by atoms with van der Waals surface area (Å²) in [7, 11) is 0. The van der Waals surface area contributed by atoms with Gasteiger partial charge in [0.15, 0.2) is 5.17 Å². The van der Waals surface area contributed by atoms with Crippen LogP contribution in [0.2, 0.25) is 0 Å². The van der Waals surface area contributed by atoms with E-state index in [2.05, 4.69) is 27.8 Å². The fourth-order valence-corrected chi connectivity index (χ4v) is 3.58. The SMILES string of the molecule is O=C(C[C@@H]1SC(=NCCc2ccccc2)NC1=O)NCc1ccccc1. The first-order valence-corrected chi connectivity index (χ1v) is 9.45. The van der Waals surface area contributed by atoms with E-state index >= 15 is 0 Å². The number of hydrogen-bond donors (Lipinski definition) is 2. The highest BCUT2D eigenvalue weighted by molar-refractivity contribution is 8.15. The average Bonchev–Trinajstić information content (AvgIpc) is 3.01. The Morgan fingerprint density at radius 3 is 2.38 bits per heavy atom. The van der Waals surface area contributed by atoms with Crippen molar-refractivity contribution < 1.29 is 9.59 Å². The van der Waals surface area contributed by atoms with E-state index in [1.54, 1.807) is 0 Å². The van der Waals surface area contributed by atoms with Gasteiger partial charge in [-0.15, -0.1) is 0 Å². The zero-order valence-corrected chi connectivity index (χ0v) is 15.2. The molecule has 0 saturated carbocycles. The molecular formula is C20H21N3O2S. The van der Waals surface area contributed by atoms with Crippen LogP contribution in [0.5, 0.6) is 0 Å². The van der Waals surface area contributed by atoms with Gasteiger partial charge in [-0.25, -0.2) is 0 Å². The number of rotatable bonds is 7. The summed E-state index contributed by atoms with van der Waals surface area (Å²) in [5.74, 6) is -0.282. The lowest BCUT2D eigenvalue weighted by Crippen LogP contribution is -2.31. The third kappa shape index (κ3) is 5.46. The third-order valence-corrected chi connectivity index (χ3v) is 5.10. The van der Waals surface area contributed by atoms with Crippen molar-refractivity contribution in [1.82, 2.24) is 10.6 Å². The van der Waals surface area contributed by atoms with Crippen LogP contribution in [0.1, 0.15) is 17.5 Å². The maximum absolute atomic E-state index is 12.1. The molecule has 1 heterocycles. The van der Waals surface area contributed by atoms with Gasteiger partial charge in [-0.2, -0.15) is 0 Å². The summed E-state index contributed by atoms with van der Waals surface area (Å²) in [6.45, 7) is 1.08. The number of hydrogen-bond acceptors (Lipinski definition) is 4. The van der Waals surface area contributed by atoms with Gasteiger partial charge in [-0.05, 0) is 17.5 Å². The van der Waals surface area contributed by atoms with Gasteiger partial charge in [-0.1, -0.05) is 72.4 Å². The number of nitrogens with one attached hydrogen (secondary N) is 2. The van der Waals surface area contributed by atoms with Crippen LogP contribution in [-0.4, -0.2) is 28.8 Å². The van der Waals surface area contributed by atoms with Crippen LogP contribution in [0, 0.1) is 0 Å². The predicted molar refractivity (Wildman–Crippen MR) is 105 cm³/mol. The lowest BCUT2D eigenvalue weighted by atomic mass is 10.2. The quantitative estimate of drug-likeness (QED) is 0.790. The topological polar surface area (TPSA) is 70.6 Å². The largest absolute Gasteiger partial charge is 0.352 e. The highest BCUT2D eigenvalue weighted by Gasteiger charge is 2.31. The van der Waals surface area contributed by atoms with E-state index in [0.29, 0.717) is 18.3 Å². The Bertz CT molecular complexity index is 778. The smallest absolute Gasteiger partial charge is 0.240 e. The summed E-state index contributed by atoms with van der Waals surface area (Å²) < 4.78 is 0. The maximum atomic E-state index is 12.1. The van der Waals surface area contributed by atoms with Crippen LogP contribution in [0.25, 0.3) is 0 Å². The minimum absolute atomic E-state index is 0.132. The van der Waals surface area contributed by atoms with Crippen molar-refractivity contribution in [2.75, 3.05) is 6.54 Å². The minimum atomic E-state index is -0.416. The van der Waals surface area contributed by atoms with Gasteiger partial charge < -0.3 is 10.6 Å². The van der Waals surface area contributed by atoms with Gasteiger partial charge in [0.1, 0.15) is 5.25 Å². The zero-order chi connectivity index (χ0) is 18.2. The number of thioether (sulfide) groups is 1. The molecule has 3 rings (SSSR count). The van der Waals surface area contributed by atoms with E-state index < -0.39 is 5.25 Å². The Labute approximate surface area is 157 Å². The summed E-state index contributed by atoms with van der Waals surface area (Å²) in [6.07, 6.45) is 0.976. The first-order valence-electron chi connectivity index (χ1n) is 8.57. The first-order chi connectivity index (χ1) is 12.7. The van der Waals surface area contributed by atoms with Gasteiger partial charge in [0, 0.05) is 19.5 Å². The van der Waals surface area contributed by atoms with Crippen molar-refractivity contribution in [1.29, 1.82) is 0 Å². The molecule has 0 unspecified atom stereocenters. The highest BCUT2D eigenvalue weighted by atomic mass is 32.2. The molecule has 1 aliphatic rings. The zero-order valence-electron chi connectivity index (χ0n) is 14.4. The summed E-state index contributed by atoms with van der Waals surface area (Å²) in [6, 6.07) is 19.8. The van der Waals surface area contributed by atoms with Crippen molar-refractivity contribution in [2.24, 2.45) is 4.99 Å². The fraction of sp³-hybridized carbons (Fsp3) is 0.250. The first kappa shape index (κ1) is 18.2. The van der Waals surface area contributed by atoms with Crippen LogP contribution in [0.15, 0.2) is 65.7 Å². The van der Waals surface area contributed by atoms with Crippen molar-refractivity contribution in [3.8, 4) is 0 Å². The molecule has 5 nitrogen and oxygen atoms in total. The normalized spacial score (nSPS) is 17.9. The number of nitrogens with zero attached hydrogens (tertiary/aromatic N) is 1. The lowest BCUT2D eigenvalue weighted by molar-refractivity contribution is -0.125. The molecule has 2 N–H and O–H groups in total. The van der Waals surface area contributed by atoms with Gasteiger partial charge in [0.2, 0.25) is 11.8 Å². The molecule has 1 atom stereocenters. The molecule has 26 heavy (non-hydrogen) atoms. The van der Waals surface area contributed by atoms with E-state index in [1.165, 1.54) is 17.3 Å². The van der Waals surface area contributed by atoms with E-state index in [1.807, 2.05) is 48.5 Å². The Kier molecular flexibility index (Phi) is 6.44. The Hall–Kier alpha value is -2.60. The number of benzene rings is 2. The van der Waals surface area contributed by atoms with E-state index in [9.17, 15) is 9.59 Å². The number of carbonyl (C=O) groups is 2. The molecule has 2 amide bonds. The fourth-order valence-electron chi connectivity index (χ4n) is 2.58. The van der Waals surface area contributed by atoms with Crippen LogP contribution in [0.4, 0.5) is 0 Å². The lowest BCUT2D eigenvalue weighted by Gasteiger charge is -2.07. The second kappa shape index (κ2) is 9.20. The number of aliphatic imine (C=N–C) groups is 1. The molecule has 2 aromatic carbocycles. The van der Waals surface area contributed by atoms with Gasteiger partial charge >= 0.3 is 0 Å². The van der Waals surface area contributed by atoms with Crippen LogP contribution in [0.3, 0.4) is 0 Å². The Balaban J connectivity index is 1.43. The van der Waals surface area contributed by atoms with Crippen LogP contribution < -0.4 is 10.6 Å². The molecule has 0 aliphatic carbocycles. The third-order valence-electron chi connectivity index (χ3n) is 3.98. The second-order valence-corrected chi connectivity index (χ2v) is 7.18. The van der Waals surface area contributed by atoms with E-state index in [0.717, 1.165) is 12.0 Å². The molecule has 1 aliphatic heterocycles. The molecule has 6 heteroatoms.